The van der Waals surface area contributed by atoms with Gasteiger partial charge < -0.3 is 15.7 Å². The number of thiophene rings is 1. The molecule has 0 saturated heterocycles. The van der Waals surface area contributed by atoms with Gasteiger partial charge >= 0.3 is 5.97 Å². The highest BCUT2D eigenvalue weighted by molar-refractivity contribution is 7.20. The van der Waals surface area contributed by atoms with Crippen LogP contribution in [-0.4, -0.2) is 28.2 Å². The highest BCUT2D eigenvalue weighted by atomic mass is 32.1. The Hall–Kier alpha value is -2.78. The van der Waals surface area contributed by atoms with Crippen molar-refractivity contribution in [1.29, 1.82) is 0 Å². The number of aliphatic carboxylic acids is 1. The summed E-state index contributed by atoms with van der Waals surface area (Å²) in [4.78, 5) is 22.8. The Balaban J connectivity index is 1.51. The average Bonchev–Trinajstić information content (AvgIpc) is 3.15. The van der Waals surface area contributed by atoms with Crippen molar-refractivity contribution in [3.63, 3.8) is 0 Å². The van der Waals surface area contributed by atoms with Gasteiger partial charge in [0.15, 0.2) is 0 Å². The lowest BCUT2D eigenvalue weighted by molar-refractivity contribution is -0.139. The van der Waals surface area contributed by atoms with E-state index in [0.29, 0.717) is 24.5 Å². The van der Waals surface area contributed by atoms with Gasteiger partial charge in [-0.1, -0.05) is 36.4 Å². The van der Waals surface area contributed by atoms with Gasteiger partial charge in [0.1, 0.15) is 6.04 Å². The fraction of sp³-hybridized carbons (Fsp3) is 0.238. The van der Waals surface area contributed by atoms with E-state index in [-0.39, 0.29) is 0 Å². The van der Waals surface area contributed by atoms with Crippen molar-refractivity contribution in [2.24, 2.45) is 0 Å². The van der Waals surface area contributed by atoms with Crippen molar-refractivity contribution in [3.05, 3.63) is 70.1 Å². The van der Waals surface area contributed by atoms with Gasteiger partial charge in [0.25, 0.3) is 5.91 Å². The van der Waals surface area contributed by atoms with Crippen LogP contribution < -0.4 is 16.1 Å². The highest BCUT2D eigenvalue weighted by Crippen LogP contribution is 2.26. The lowest BCUT2D eigenvalue weighted by atomic mass is 10.1. The number of nitrogens with one attached hydrogen (secondary N) is 3. The maximum atomic E-state index is 11.5. The molecule has 0 aliphatic rings. The minimum Gasteiger partial charge on any atom is -0.480 e. The molecule has 0 bridgehead atoms. The first-order valence-corrected chi connectivity index (χ1v) is 9.99. The molecule has 1 aromatic heterocycles. The standard InChI is InChI=1S/C21H23N3O4S/c1-13(21(26)27)23-12-15-4-2-14(3-5-15)10-22-11-16-6-7-17-9-19(20(25)24-28)29-18(17)8-16/h2-9,13,22-23,28H,10-12H2,1H3,(H,24,25)(H,26,27). The molecule has 0 spiro atoms. The molecular formula is C21H23N3O4S. The third-order valence-electron chi connectivity index (χ3n) is 4.57. The lowest BCUT2D eigenvalue weighted by Crippen LogP contribution is -2.33. The van der Waals surface area contributed by atoms with Crippen LogP contribution in [0.2, 0.25) is 0 Å². The van der Waals surface area contributed by atoms with E-state index in [9.17, 15) is 9.59 Å². The first-order chi connectivity index (χ1) is 14.0. The van der Waals surface area contributed by atoms with Crippen LogP contribution in [0.4, 0.5) is 0 Å². The summed E-state index contributed by atoms with van der Waals surface area (Å²) < 4.78 is 0.996. The summed E-state index contributed by atoms with van der Waals surface area (Å²) in [6, 6.07) is 15.2. The molecule has 1 atom stereocenters. The van der Waals surface area contributed by atoms with Crippen LogP contribution in [0, 0.1) is 0 Å². The zero-order chi connectivity index (χ0) is 20.8. The van der Waals surface area contributed by atoms with Crippen molar-refractivity contribution >= 4 is 33.3 Å². The maximum absolute atomic E-state index is 11.5. The molecule has 3 rings (SSSR count). The molecule has 7 nitrogen and oxygen atoms in total. The van der Waals surface area contributed by atoms with E-state index in [1.807, 2.05) is 42.5 Å². The zero-order valence-electron chi connectivity index (χ0n) is 15.9. The molecule has 1 unspecified atom stereocenters. The van der Waals surface area contributed by atoms with Gasteiger partial charge in [-0.05, 0) is 41.1 Å². The second-order valence-electron chi connectivity index (χ2n) is 6.78. The molecule has 0 fully saturated rings. The van der Waals surface area contributed by atoms with Gasteiger partial charge in [0, 0.05) is 24.3 Å². The van der Waals surface area contributed by atoms with E-state index in [4.69, 9.17) is 10.3 Å². The van der Waals surface area contributed by atoms with Crippen molar-refractivity contribution < 1.29 is 19.9 Å². The van der Waals surface area contributed by atoms with E-state index in [0.717, 1.165) is 26.8 Å². The number of carboxylic acids is 1. The van der Waals surface area contributed by atoms with Gasteiger partial charge in [0.2, 0.25) is 0 Å². The second kappa shape index (κ2) is 9.62. The highest BCUT2D eigenvalue weighted by Gasteiger charge is 2.10. The fourth-order valence-corrected chi connectivity index (χ4v) is 3.85. The molecule has 1 amide bonds. The van der Waals surface area contributed by atoms with Crippen LogP contribution in [0.1, 0.15) is 33.3 Å². The van der Waals surface area contributed by atoms with Crippen LogP contribution in [-0.2, 0) is 24.4 Å². The fourth-order valence-electron chi connectivity index (χ4n) is 2.84. The number of hydrogen-bond acceptors (Lipinski definition) is 6. The maximum Gasteiger partial charge on any atom is 0.320 e. The molecule has 3 aromatic rings. The van der Waals surface area contributed by atoms with Gasteiger partial charge in [-0.25, -0.2) is 5.48 Å². The summed E-state index contributed by atoms with van der Waals surface area (Å²) in [5.74, 6) is -1.36. The zero-order valence-corrected chi connectivity index (χ0v) is 16.8. The van der Waals surface area contributed by atoms with Crippen LogP contribution in [0.3, 0.4) is 0 Å². The molecule has 0 radical (unpaired) electrons. The summed E-state index contributed by atoms with van der Waals surface area (Å²) in [5.41, 5.74) is 4.94. The average molecular weight is 413 g/mol. The number of rotatable bonds is 9. The monoisotopic (exact) mass is 413 g/mol. The number of hydroxylamine groups is 1. The first-order valence-electron chi connectivity index (χ1n) is 9.18. The van der Waals surface area contributed by atoms with Gasteiger partial charge in [-0.3, -0.25) is 14.8 Å². The van der Waals surface area contributed by atoms with Crippen LogP contribution >= 0.6 is 11.3 Å². The van der Waals surface area contributed by atoms with Crippen molar-refractivity contribution in [2.45, 2.75) is 32.6 Å². The lowest BCUT2D eigenvalue weighted by Gasteiger charge is -2.10. The van der Waals surface area contributed by atoms with E-state index in [1.165, 1.54) is 11.3 Å². The Labute approximate surface area is 172 Å². The number of carboxylic acid groups (broad SMARTS) is 1. The smallest absolute Gasteiger partial charge is 0.320 e. The van der Waals surface area contributed by atoms with Gasteiger partial charge in [-0.15, -0.1) is 11.3 Å². The second-order valence-corrected chi connectivity index (χ2v) is 7.87. The first kappa shape index (κ1) is 20.9. The number of carbonyl (C=O) groups is 2. The molecule has 152 valence electrons. The predicted molar refractivity (Wildman–Crippen MR) is 112 cm³/mol. The van der Waals surface area contributed by atoms with Crippen LogP contribution in [0.15, 0.2) is 48.5 Å². The number of carbonyl (C=O) groups excluding carboxylic acids is 1. The molecule has 5 N–H and O–H groups in total. The molecular weight excluding hydrogens is 390 g/mol. The van der Waals surface area contributed by atoms with Crippen molar-refractivity contribution in [2.75, 3.05) is 0 Å². The Morgan fingerprint density at radius 3 is 2.24 bits per heavy atom. The Bertz CT molecular complexity index is 1000. The summed E-state index contributed by atoms with van der Waals surface area (Å²) in [6.45, 7) is 3.53. The van der Waals surface area contributed by atoms with Crippen molar-refractivity contribution in [1.82, 2.24) is 16.1 Å². The molecule has 1 heterocycles. The third-order valence-corrected chi connectivity index (χ3v) is 5.67. The number of benzene rings is 2. The summed E-state index contributed by atoms with van der Waals surface area (Å²) in [6.07, 6.45) is 0. The SMILES string of the molecule is CC(NCc1ccc(CNCc2ccc3cc(C(=O)NO)sc3c2)cc1)C(=O)O. The number of fused-ring (bicyclic) bond motifs is 1. The van der Waals surface area contributed by atoms with Crippen molar-refractivity contribution in [3.8, 4) is 0 Å². The molecule has 0 aliphatic carbocycles. The topological polar surface area (TPSA) is 111 Å². The third kappa shape index (κ3) is 5.61. The normalized spacial score (nSPS) is 12.1. The van der Waals surface area contributed by atoms with E-state index < -0.39 is 17.9 Å². The quantitative estimate of drug-likeness (QED) is 0.273. The minimum absolute atomic E-state index is 0.472. The number of hydrogen-bond donors (Lipinski definition) is 5. The van der Waals surface area contributed by atoms with E-state index >= 15 is 0 Å². The van der Waals surface area contributed by atoms with E-state index in [2.05, 4.69) is 10.6 Å². The van der Waals surface area contributed by atoms with Gasteiger partial charge in [0.05, 0.1) is 4.88 Å². The van der Waals surface area contributed by atoms with Crippen LogP contribution in [0.5, 0.6) is 0 Å². The molecule has 0 aliphatic heterocycles. The Kier molecular flexibility index (Phi) is 6.95. The molecule has 29 heavy (non-hydrogen) atoms. The number of amides is 1. The van der Waals surface area contributed by atoms with Crippen LogP contribution in [0.25, 0.3) is 10.1 Å². The summed E-state index contributed by atoms with van der Waals surface area (Å²) in [5, 5.41) is 25.0. The molecule has 8 heteroatoms. The molecule has 2 aromatic carbocycles. The van der Waals surface area contributed by atoms with E-state index in [1.54, 1.807) is 18.5 Å². The van der Waals surface area contributed by atoms with Gasteiger partial charge in [-0.2, -0.15) is 0 Å². The Morgan fingerprint density at radius 1 is 0.966 bits per heavy atom. The molecule has 0 saturated carbocycles. The summed E-state index contributed by atoms with van der Waals surface area (Å²) >= 11 is 1.34. The predicted octanol–water partition coefficient (Wildman–Crippen LogP) is 2.87. The summed E-state index contributed by atoms with van der Waals surface area (Å²) in [7, 11) is 0. The Morgan fingerprint density at radius 2 is 1.59 bits per heavy atom. The minimum atomic E-state index is -0.862. The largest absolute Gasteiger partial charge is 0.480 e.